The van der Waals surface area contributed by atoms with Crippen molar-refractivity contribution in [2.45, 2.75) is 88.6 Å². The van der Waals surface area contributed by atoms with E-state index in [0.717, 1.165) is 30.4 Å². The van der Waals surface area contributed by atoms with Crippen molar-refractivity contribution in [3.05, 3.63) is 93.1 Å². The minimum absolute atomic E-state index is 0.00503. The van der Waals surface area contributed by atoms with Crippen LogP contribution < -0.4 is 32.3 Å². The molecule has 0 aliphatic heterocycles. The summed E-state index contributed by atoms with van der Waals surface area (Å²) in [5, 5.41) is 23.3. The molecule has 510 valence electrons. The normalized spacial score (nSPS) is 12.4. The standard InChI is InChI=1S/C65H99IN6O19/c66-52-20-18-51(19-21-52)10-9-17-60(73)68-25-8-6-16-59(64(77)78)72-62(75)23-29-81-33-37-85-40-42-87-44-46-89-48-49-90-47-45-88-43-41-86-38-34-82-30-26-69-63(76)58(15-5-7-24-67)71-61(74)22-28-80-32-36-84-39-35-83-31-27-70-65(79)91-50-57-55-13-3-1-11-53(55)54-12-2-4-14-56(54)57/h1-4,11-14,18-21,57-59H,5-10,15-17,22-50,67H2,(H,68,73)(H,69,76)(H,70,79)(H,71,74)(H,72,75)(H,77,78)/t58?,59-/m0/s1. The van der Waals surface area contributed by atoms with Crippen molar-refractivity contribution in [2.75, 3.05) is 178 Å². The maximum Gasteiger partial charge on any atom is 0.407 e. The van der Waals surface area contributed by atoms with Crippen LogP contribution in [0, 0.1) is 3.57 Å². The lowest BCUT2D eigenvalue weighted by atomic mass is 9.98. The second-order valence-corrected chi connectivity index (χ2v) is 22.2. The van der Waals surface area contributed by atoms with Crippen LogP contribution in [0.1, 0.15) is 86.8 Å². The van der Waals surface area contributed by atoms with Crippen LogP contribution in [-0.4, -0.2) is 231 Å². The molecule has 5 amide bonds. The molecule has 0 saturated heterocycles. The number of fused-ring (bicyclic) bond motifs is 3. The Morgan fingerprint density at radius 3 is 1.33 bits per heavy atom. The molecule has 91 heavy (non-hydrogen) atoms. The molecule has 1 aliphatic carbocycles. The van der Waals surface area contributed by atoms with Crippen LogP contribution in [-0.2, 0) is 87.2 Å². The van der Waals surface area contributed by atoms with E-state index in [1.807, 2.05) is 36.4 Å². The molecule has 0 heterocycles. The second kappa shape index (κ2) is 52.0. The zero-order valence-corrected chi connectivity index (χ0v) is 54.9. The Balaban J connectivity index is 0.825. The molecule has 1 unspecified atom stereocenters. The summed E-state index contributed by atoms with van der Waals surface area (Å²) in [4.78, 5) is 74.2. The molecular weight excluding hydrogens is 1300 g/mol. The number of benzene rings is 3. The van der Waals surface area contributed by atoms with E-state index in [-0.39, 0.29) is 89.1 Å². The van der Waals surface area contributed by atoms with Gasteiger partial charge in [0.05, 0.1) is 145 Å². The van der Waals surface area contributed by atoms with E-state index in [1.165, 1.54) is 20.3 Å². The highest BCUT2D eigenvalue weighted by atomic mass is 127. The summed E-state index contributed by atoms with van der Waals surface area (Å²) in [6.07, 6.45) is 4.90. The predicted octanol–water partition coefficient (Wildman–Crippen LogP) is 4.70. The van der Waals surface area contributed by atoms with Crippen molar-refractivity contribution in [2.24, 2.45) is 5.73 Å². The van der Waals surface area contributed by atoms with E-state index in [1.54, 1.807) is 0 Å². The minimum atomic E-state index is -1.10. The van der Waals surface area contributed by atoms with E-state index in [2.05, 4.69) is 85.6 Å². The molecule has 0 aromatic heterocycles. The largest absolute Gasteiger partial charge is 0.480 e. The number of aliphatic carboxylic acids is 1. The molecule has 0 spiro atoms. The number of unbranched alkanes of at least 4 members (excludes halogenated alkanes) is 2. The monoisotopic (exact) mass is 1390 g/mol. The highest BCUT2D eigenvalue weighted by Crippen LogP contribution is 2.44. The SMILES string of the molecule is NCCCCC(NC(=O)CCOCCOCCOCCNC(=O)OCC1c2ccccc2-c2ccccc21)C(=O)NCCOCCOCCOCCOCCOCCOCCOCCOCCC(=O)N[C@@H](CCCCNC(=O)CCCc1ccc(I)cc1)C(=O)O. The van der Waals surface area contributed by atoms with Gasteiger partial charge in [-0.25, -0.2) is 9.59 Å². The first-order valence-corrected chi connectivity index (χ1v) is 32.9. The van der Waals surface area contributed by atoms with E-state index < -0.39 is 30.1 Å². The Labute approximate surface area is 549 Å². The second-order valence-electron chi connectivity index (χ2n) is 21.0. The highest BCUT2D eigenvalue weighted by molar-refractivity contribution is 14.1. The Morgan fingerprint density at radius 1 is 0.440 bits per heavy atom. The molecule has 2 atom stereocenters. The average Bonchev–Trinajstić information content (AvgIpc) is 1.63. The Bertz CT molecular complexity index is 2400. The van der Waals surface area contributed by atoms with Gasteiger partial charge in [0.2, 0.25) is 23.6 Å². The van der Waals surface area contributed by atoms with Gasteiger partial charge in [0, 0.05) is 48.4 Å². The number of rotatable bonds is 58. The van der Waals surface area contributed by atoms with Crippen molar-refractivity contribution in [3.8, 4) is 11.1 Å². The zero-order chi connectivity index (χ0) is 65.0. The number of carboxylic acids is 1. The van der Waals surface area contributed by atoms with Crippen molar-refractivity contribution in [3.63, 3.8) is 0 Å². The molecule has 3 aromatic rings. The first-order valence-electron chi connectivity index (χ1n) is 31.8. The van der Waals surface area contributed by atoms with Crippen LogP contribution in [0.25, 0.3) is 11.1 Å². The first kappa shape index (κ1) is 78.0. The van der Waals surface area contributed by atoms with Gasteiger partial charge in [0.25, 0.3) is 0 Å². The van der Waals surface area contributed by atoms with Gasteiger partial charge in [-0.1, -0.05) is 60.7 Å². The Morgan fingerprint density at radius 2 is 0.857 bits per heavy atom. The number of alkyl carbamates (subject to hydrolysis) is 1. The van der Waals surface area contributed by atoms with Crippen LogP contribution in [0.3, 0.4) is 0 Å². The quantitative estimate of drug-likeness (QED) is 0.0297. The molecule has 3 aromatic carbocycles. The summed E-state index contributed by atoms with van der Waals surface area (Å²) in [5.41, 5.74) is 11.5. The predicted molar refractivity (Wildman–Crippen MR) is 348 cm³/mol. The van der Waals surface area contributed by atoms with Gasteiger partial charge in [-0.3, -0.25) is 19.2 Å². The van der Waals surface area contributed by atoms with Crippen LogP contribution in [0.15, 0.2) is 72.8 Å². The van der Waals surface area contributed by atoms with Crippen LogP contribution in [0.5, 0.6) is 0 Å². The lowest BCUT2D eigenvalue weighted by molar-refractivity contribution is -0.142. The number of aryl methyl sites for hydroxylation is 1. The number of amides is 5. The fourth-order valence-electron chi connectivity index (χ4n) is 9.20. The van der Waals surface area contributed by atoms with Gasteiger partial charge in [-0.2, -0.15) is 0 Å². The summed E-state index contributed by atoms with van der Waals surface area (Å²) in [6, 6.07) is 22.9. The number of hydrogen-bond acceptors (Lipinski definition) is 19. The number of carbonyl (C=O) groups is 6. The average molecular weight is 1400 g/mol. The third-order valence-corrected chi connectivity index (χ3v) is 14.7. The summed E-state index contributed by atoms with van der Waals surface area (Å²) >= 11 is 2.26. The number of halogens is 1. The number of carboxylic acid groups (broad SMARTS) is 1. The fraction of sp³-hybridized carbons (Fsp3) is 0.631. The molecule has 0 bridgehead atoms. The summed E-state index contributed by atoms with van der Waals surface area (Å²) in [5.74, 6) is -2.14. The molecule has 0 saturated carbocycles. The number of ether oxygens (including phenoxy) is 12. The van der Waals surface area contributed by atoms with Crippen LogP contribution in [0.2, 0.25) is 0 Å². The Hall–Kier alpha value is -5.47. The van der Waals surface area contributed by atoms with E-state index in [9.17, 15) is 33.9 Å². The van der Waals surface area contributed by atoms with E-state index in [0.29, 0.717) is 164 Å². The summed E-state index contributed by atoms with van der Waals surface area (Å²) in [6.45, 7) is 9.17. The van der Waals surface area contributed by atoms with Gasteiger partial charge in [-0.15, -0.1) is 0 Å². The molecule has 0 fully saturated rings. The smallest absolute Gasteiger partial charge is 0.407 e. The van der Waals surface area contributed by atoms with Crippen molar-refractivity contribution >= 4 is 58.3 Å². The molecule has 26 heteroatoms. The van der Waals surface area contributed by atoms with Gasteiger partial charge in [-0.05, 0) is 120 Å². The molecule has 8 N–H and O–H groups in total. The third kappa shape index (κ3) is 37.7. The van der Waals surface area contributed by atoms with E-state index in [4.69, 9.17) is 62.6 Å². The lowest BCUT2D eigenvalue weighted by Crippen LogP contribution is -2.47. The van der Waals surface area contributed by atoms with Crippen molar-refractivity contribution in [1.82, 2.24) is 26.6 Å². The summed E-state index contributed by atoms with van der Waals surface area (Å²) < 4.78 is 67.5. The topological polar surface area (TPSA) is 320 Å². The number of hydrogen-bond donors (Lipinski definition) is 7. The summed E-state index contributed by atoms with van der Waals surface area (Å²) in [7, 11) is 0. The molecular formula is C65H99IN6O19. The first-order chi connectivity index (χ1) is 44.5. The minimum Gasteiger partial charge on any atom is -0.480 e. The number of nitrogens with one attached hydrogen (secondary N) is 5. The third-order valence-electron chi connectivity index (χ3n) is 14.0. The fourth-order valence-corrected chi connectivity index (χ4v) is 9.56. The van der Waals surface area contributed by atoms with Gasteiger partial charge < -0.3 is 94.3 Å². The van der Waals surface area contributed by atoms with Gasteiger partial charge in [0.15, 0.2) is 0 Å². The Kier molecular flexibility index (Phi) is 44.5. The lowest BCUT2D eigenvalue weighted by Gasteiger charge is -2.18. The van der Waals surface area contributed by atoms with Crippen LogP contribution >= 0.6 is 22.6 Å². The van der Waals surface area contributed by atoms with Gasteiger partial charge >= 0.3 is 12.1 Å². The molecule has 1 aliphatic rings. The maximum atomic E-state index is 13.0. The molecule has 0 radical (unpaired) electrons. The van der Waals surface area contributed by atoms with E-state index >= 15 is 0 Å². The maximum absolute atomic E-state index is 13.0. The number of nitrogens with two attached hydrogens (primary N) is 1. The van der Waals surface area contributed by atoms with Crippen LogP contribution in [0.4, 0.5) is 4.79 Å². The highest BCUT2D eigenvalue weighted by Gasteiger charge is 2.29. The zero-order valence-electron chi connectivity index (χ0n) is 52.8. The molecule has 25 nitrogen and oxygen atoms in total. The number of carbonyl (C=O) groups excluding carboxylic acids is 5. The van der Waals surface area contributed by atoms with Crippen molar-refractivity contribution < 1.29 is 90.7 Å². The molecule has 4 rings (SSSR count). The van der Waals surface area contributed by atoms with Gasteiger partial charge in [0.1, 0.15) is 18.7 Å². The van der Waals surface area contributed by atoms with Crippen molar-refractivity contribution in [1.29, 1.82) is 0 Å².